The van der Waals surface area contributed by atoms with E-state index < -0.39 is 16.9 Å². The number of thiophene rings is 1. The average molecular weight is 447 g/mol. The van der Waals surface area contributed by atoms with E-state index in [1.54, 1.807) is 18.7 Å². The van der Waals surface area contributed by atoms with Gasteiger partial charge in [-0.25, -0.2) is 4.79 Å². The van der Waals surface area contributed by atoms with Gasteiger partial charge in [-0.1, -0.05) is 23.8 Å². The van der Waals surface area contributed by atoms with Crippen LogP contribution in [0.1, 0.15) is 42.3 Å². The van der Waals surface area contributed by atoms with Crippen LogP contribution in [0, 0.1) is 13.8 Å². The summed E-state index contributed by atoms with van der Waals surface area (Å²) in [6, 6.07) is 5.43. The molecule has 6 nitrogen and oxygen atoms in total. The van der Waals surface area contributed by atoms with Crippen LogP contribution in [-0.2, 0) is 14.3 Å². The zero-order valence-electron chi connectivity index (χ0n) is 17.8. The molecular formula is C22H26N2O4S2. The summed E-state index contributed by atoms with van der Waals surface area (Å²) in [7, 11) is 0. The molecule has 1 N–H and O–H groups in total. The lowest BCUT2D eigenvalue weighted by molar-refractivity contribution is -0.130. The number of anilines is 1. The second kappa shape index (κ2) is 8.81. The van der Waals surface area contributed by atoms with Crippen molar-refractivity contribution in [2.24, 2.45) is 0 Å². The summed E-state index contributed by atoms with van der Waals surface area (Å²) in [5.41, 5.74) is 4.18. The number of aryl methyl sites for hydroxylation is 2. The first kappa shape index (κ1) is 22.4. The molecule has 1 saturated heterocycles. The normalized spacial score (nSPS) is 17.6. The fourth-order valence-electron chi connectivity index (χ4n) is 3.58. The highest BCUT2D eigenvalue weighted by Gasteiger charge is 2.43. The molecule has 0 spiro atoms. The minimum absolute atomic E-state index is 0.237. The highest BCUT2D eigenvalue weighted by atomic mass is 32.2. The fourth-order valence-corrected chi connectivity index (χ4v) is 5.73. The molecule has 1 aromatic carbocycles. The van der Waals surface area contributed by atoms with Crippen LogP contribution >= 0.6 is 23.1 Å². The van der Waals surface area contributed by atoms with Gasteiger partial charge in [0, 0.05) is 16.7 Å². The molecule has 0 bridgehead atoms. The van der Waals surface area contributed by atoms with Crippen molar-refractivity contribution in [3.63, 3.8) is 0 Å². The van der Waals surface area contributed by atoms with Gasteiger partial charge in [0.2, 0.25) is 12.3 Å². The minimum Gasteiger partial charge on any atom is -0.462 e. The Labute approximate surface area is 185 Å². The number of hydrogen-bond donors (Lipinski definition) is 1. The molecule has 1 unspecified atom stereocenters. The van der Waals surface area contributed by atoms with Gasteiger partial charge in [-0.05, 0) is 45.7 Å². The van der Waals surface area contributed by atoms with E-state index in [4.69, 9.17) is 4.74 Å². The van der Waals surface area contributed by atoms with Gasteiger partial charge in [0.05, 0.1) is 11.5 Å². The Morgan fingerprint density at radius 3 is 2.67 bits per heavy atom. The standard InChI is InChI=1S/C22H26N2O4S2/c1-6-28-21(27)18-16(15-8-7-13(2)9-14(15)3)10-29-20(18)23-19(26)17-11-30-22(4,5)24(17)12-25/h7-10,12,17H,6,11H2,1-5H3,(H,23,26). The molecule has 1 aromatic heterocycles. The molecule has 2 aromatic rings. The zero-order chi connectivity index (χ0) is 22.1. The average Bonchev–Trinajstić information content (AvgIpc) is 3.21. The fraction of sp³-hybridized carbons (Fsp3) is 0.409. The molecule has 1 fully saturated rings. The minimum atomic E-state index is -0.593. The van der Waals surface area contributed by atoms with Crippen LogP contribution in [0.15, 0.2) is 23.6 Å². The number of hydrogen-bond acceptors (Lipinski definition) is 6. The number of ether oxygens (including phenoxy) is 1. The van der Waals surface area contributed by atoms with Crippen LogP contribution in [0.3, 0.4) is 0 Å². The number of thioether (sulfide) groups is 1. The summed E-state index contributed by atoms with van der Waals surface area (Å²) in [4.78, 5) is 38.4. The zero-order valence-corrected chi connectivity index (χ0v) is 19.4. The van der Waals surface area contributed by atoms with Crippen molar-refractivity contribution < 1.29 is 19.1 Å². The number of esters is 1. The van der Waals surface area contributed by atoms with Crippen molar-refractivity contribution in [1.82, 2.24) is 4.90 Å². The van der Waals surface area contributed by atoms with Gasteiger partial charge in [-0.3, -0.25) is 9.59 Å². The highest BCUT2D eigenvalue weighted by Crippen LogP contribution is 2.40. The molecular weight excluding hydrogens is 420 g/mol. The van der Waals surface area contributed by atoms with E-state index in [9.17, 15) is 14.4 Å². The highest BCUT2D eigenvalue weighted by molar-refractivity contribution is 8.00. The van der Waals surface area contributed by atoms with Crippen molar-refractivity contribution in [3.8, 4) is 11.1 Å². The molecule has 1 aliphatic rings. The largest absolute Gasteiger partial charge is 0.462 e. The lowest BCUT2D eigenvalue weighted by Gasteiger charge is -2.30. The third-order valence-corrected chi connectivity index (χ3v) is 7.44. The van der Waals surface area contributed by atoms with Crippen molar-refractivity contribution in [2.75, 3.05) is 17.7 Å². The van der Waals surface area contributed by atoms with Crippen LogP contribution in [-0.4, -0.2) is 46.5 Å². The van der Waals surface area contributed by atoms with Crippen molar-refractivity contribution in [1.29, 1.82) is 0 Å². The molecule has 0 aliphatic carbocycles. The molecule has 2 amide bonds. The smallest absolute Gasteiger partial charge is 0.341 e. The summed E-state index contributed by atoms with van der Waals surface area (Å²) >= 11 is 2.84. The van der Waals surface area contributed by atoms with E-state index in [0.29, 0.717) is 22.7 Å². The first-order valence-corrected chi connectivity index (χ1v) is 11.6. The lowest BCUT2D eigenvalue weighted by atomic mass is 9.97. The van der Waals surface area contributed by atoms with E-state index in [1.807, 2.05) is 45.2 Å². The Bertz CT molecular complexity index is 984. The quantitative estimate of drug-likeness (QED) is 0.524. The maximum absolute atomic E-state index is 13.0. The van der Waals surface area contributed by atoms with Crippen LogP contribution in [0.4, 0.5) is 5.00 Å². The molecule has 3 rings (SSSR count). The summed E-state index contributed by atoms with van der Waals surface area (Å²) in [5.74, 6) is -0.279. The third kappa shape index (κ3) is 4.25. The number of carbonyl (C=O) groups excluding carboxylic acids is 3. The van der Waals surface area contributed by atoms with E-state index >= 15 is 0 Å². The van der Waals surface area contributed by atoms with Gasteiger partial charge in [0.15, 0.2) is 0 Å². The Balaban J connectivity index is 1.97. The van der Waals surface area contributed by atoms with Gasteiger partial charge < -0.3 is 15.0 Å². The lowest BCUT2D eigenvalue weighted by Crippen LogP contribution is -2.47. The summed E-state index contributed by atoms with van der Waals surface area (Å²) < 4.78 is 5.28. The second-order valence-electron chi connectivity index (χ2n) is 7.67. The summed E-state index contributed by atoms with van der Waals surface area (Å²) in [6.07, 6.45) is 0.714. The molecule has 0 saturated carbocycles. The Hall–Kier alpha value is -2.32. The molecule has 30 heavy (non-hydrogen) atoms. The van der Waals surface area contributed by atoms with Crippen LogP contribution < -0.4 is 5.32 Å². The first-order chi connectivity index (χ1) is 14.2. The first-order valence-electron chi connectivity index (χ1n) is 9.74. The van der Waals surface area contributed by atoms with Crippen LogP contribution in [0.2, 0.25) is 0 Å². The molecule has 160 valence electrons. The molecule has 1 aliphatic heterocycles. The van der Waals surface area contributed by atoms with Gasteiger partial charge in [-0.15, -0.1) is 23.1 Å². The monoisotopic (exact) mass is 446 g/mol. The van der Waals surface area contributed by atoms with Crippen LogP contribution in [0.25, 0.3) is 11.1 Å². The summed E-state index contributed by atoms with van der Waals surface area (Å²) in [6.45, 7) is 9.81. The maximum Gasteiger partial charge on any atom is 0.341 e. The molecule has 1 atom stereocenters. The number of nitrogens with zero attached hydrogens (tertiary/aromatic N) is 1. The van der Waals surface area contributed by atoms with Crippen molar-refractivity contribution in [3.05, 3.63) is 40.3 Å². The van der Waals surface area contributed by atoms with E-state index in [-0.39, 0.29) is 12.5 Å². The van der Waals surface area contributed by atoms with Gasteiger partial charge in [0.25, 0.3) is 0 Å². The van der Waals surface area contributed by atoms with Crippen molar-refractivity contribution in [2.45, 2.75) is 45.5 Å². The van der Waals surface area contributed by atoms with Gasteiger partial charge in [-0.2, -0.15) is 0 Å². The molecule has 8 heteroatoms. The Morgan fingerprint density at radius 1 is 1.30 bits per heavy atom. The number of nitrogens with one attached hydrogen (secondary N) is 1. The number of rotatable bonds is 6. The number of carbonyl (C=O) groups is 3. The van der Waals surface area contributed by atoms with Crippen molar-refractivity contribution >= 4 is 46.4 Å². The van der Waals surface area contributed by atoms with Gasteiger partial charge in [0.1, 0.15) is 16.6 Å². The second-order valence-corrected chi connectivity index (χ2v) is 10.2. The maximum atomic E-state index is 13.0. The Kier molecular flexibility index (Phi) is 6.57. The number of benzene rings is 1. The Morgan fingerprint density at radius 2 is 2.03 bits per heavy atom. The van der Waals surface area contributed by atoms with E-state index in [1.165, 1.54) is 16.2 Å². The SMILES string of the molecule is CCOC(=O)c1c(-c2ccc(C)cc2C)csc1NC(=O)C1CSC(C)(C)N1C=O. The van der Waals surface area contributed by atoms with E-state index in [2.05, 4.69) is 11.4 Å². The predicted molar refractivity (Wildman–Crippen MR) is 122 cm³/mol. The predicted octanol–water partition coefficient (Wildman–Crippen LogP) is 4.46. The van der Waals surface area contributed by atoms with Crippen LogP contribution in [0.5, 0.6) is 0 Å². The van der Waals surface area contributed by atoms with Gasteiger partial charge >= 0.3 is 5.97 Å². The van der Waals surface area contributed by atoms with E-state index in [0.717, 1.165) is 22.3 Å². The molecule has 2 heterocycles. The third-order valence-electron chi connectivity index (χ3n) is 5.15. The summed E-state index contributed by atoms with van der Waals surface area (Å²) in [5, 5.41) is 5.18. The topological polar surface area (TPSA) is 75.7 Å². The molecule has 0 radical (unpaired) electrons. The number of amides is 2.